The number of anilines is 2. The van der Waals surface area contributed by atoms with Crippen LogP contribution in [0.1, 0.15) is 18.2 Å². The van der Waals surface area contributed by atoms with Crippen molar-refractivity contribution in [2.75, 3.05) is 11.1 Å². The Kier molecular flexibility index (Phi) is 4.11. The molecular weight excluding hydrogens is 339 g/mol. The average Bonchev–Trinajstić information content (AvgIpc) is 2.68. The molecule has 96 valence electrons. The van der Waals surface area contributed by atoms with Gasteiger partial charge < -0.3 is 11.1 Å². The van der Waals surface area contributed by atoms with Crippen molar-refractivity contribution >= 4 is 34.0 Å². The Labute approximate surface area is 121 Å². The zero-order valence-corrected chi connectivity index (χ0v) is 12.7. The number of nitrogen functional groups attached to an aromatic ring is 1. The number of benzene rings is 1. The first kappa shape index (κ1) is 13.2. The van der Waals surface area contributed by atoms with Crippen molar-refractivity contribution in [3.63, 3.8) is 0 Å². The summed E-state index contributed by atoms with van der Waals surface area (Å²) in [5.41, 5.74) is 10.0. The van der Waals surface area contributed by atoms with Gasteiger partial charge in [-0.15, -0.1) is 0 Å². The molecule has 5 heteroatoms. The van der Waals surface area contributed by atoms with E-state index in [0.717, 1.165) is 33.6 Å². The quantitative estimate of drug-likeness (QED) is 0.654. The molecule has 1 heterocycles. The topological polar surface area (TPSA) is 55.9 Å². The second-order valence-electron chi connectivity index (χ2n) is 4.22. The standard InChI is InChI=1S/C13H17IN4/c1-3-12-9(8-18(2)17-12)7-16-13-5-4-10(15)6-11(13)14/h4-6,8,16H,3,7,15H2,1-2H3. The first-order valence-electron chi connectivity index (χ1n) is 5.90. The number of nitrogens with one attached hydrogen (secondary N) is 1. The van der Waals surface area contributed by atoms with Crippen molar-refractivity contribution in [2.24, 2.45) is 7.05 Å². The summed E-state index contributed by atoms with van der Waals surface area (Å²) >= 11 is 2.29. The van der Waals surface area contributed by atoms with Crippen molar-refractivity contribution in [3.8, 4) is 0 Å². The fourth-order valence-corrected chi connectivity index (χ4v) is 2.62. The summed E-state index contributed by atoms with van der Waals surface area (Å²) in [5, 5.41) is 7.86. The molecule has 4 nitrogen and oxygen atoms in total. The van der Waals surface area contributed by atoms with Crippen molar-refractivity contribution in [1.29, 1.82) is 0 Å². The van der Waals surface area contributed by atoms with Crippen molar-refractivity contribution in [3.05, 3.63) is 39.2 Å². The Bertz CT molecular complexity index is 548. The molecule has 18 heavy (non-hydrogen) atoms. The van der Waals surface area contributed by atoms with Crippen molar-refractivity contribution in [2.45, 2.75) is 19.9 Å². The molecule has 0 saturated carbocycles. The van der Waals surface area contributed by atoms with Gasteiger partial charge in [-0.1, -0.05) is 6.92 Å². The van der Waals surface area contributed by atoms with E-state index in [1.807, 2.05) is 29.9 Å². The van der Waals surface area contributed by atoms with Crippen molar-refractivity contribution in [1.82, 2.24) is 9.78 Å². The summed E-state index contributed by atoms with van der Waals surface area (Å²) in [5.74, 6) is 0. The number of hydrogen-bond acceptors (Lipinski definition) is 3. The summed E-state index contributed by atoms with van der Waals surface area (Å²) in [4.78, 5) is 0. The molecule has 0 unspecified atom stereocenters. The lowest BCUT2D eigenvalue weighted by molar-refractivity contribution is 0.746. The Morgan fingerprint density at radius 1 is 1.44 bits per heavy atom. The lowest BCUT2D eigenvalue weighted by Gasteiger charge is -2.08. The van der Waals surface area contributed by atoms with Gasteiger partial charge in [0.25, 0.3) is 0 Å². The minimum absolute atomic E-state index is 0.789. The highest BCUT2D eigenvalue weighted by atomic mass is 127. The highest BCUT2D eigenvalue weighted by Crippen LogP contribution is 2.21. The maximum absolute atomic E-state index is 5.74. The Morgan fingerprint density at radius 3 is 2.89 bits per heavy atom. The van der Waals surface area contributed by atoms with Crippen LogP contribution in [0.25, 0.3) is 0 Å². The van der Waals surface area contributed by atoms with Crippen LogP contribution >= 0.6 is 22.6 Å². The van der Waals surface area contributed by atoms with Gasteiger partial charge in [-0.05, 0) is 47.2 Å². The summed E-state index contributed by atoms with van der Waals surface area (Å²) in [6, 6.07) is 5.89. The maximum Gasteiger partial charge on any atom is 0.0671 e. The first-order valence-corrected chi connectivity index (χ1v) is 6.98. The Balaban J connectivity index is 2.11. The van der Waals surface area contributed by atoms with Crippen LogP contribution in [0.3, 0.4) is 0 Å². The monoisotopic (exact) mass is 356 g/mol. The smallest absolute Gasteiger partial charge is 0.0671 e. The fraction of sp³-hybridized carbons (Fsp3) is 0.308. The van der Waals surface area contributed by atoms with Crippen molar-refractivity contribution < 1.29 is 0 Å². The van der Waals surface area contributed by atoms with Crippen LogP contribution in [-0.4, -0.2) is 9.78 Å². The molecule has 0 radical (unpaired) electrons. The predicted octanol–water partition coefficient (Wildman–Crippen LogP) is 2.78. The molecule has 0 spiro atoms. The third-order valence-electron chi connectivity index (χ3n) is 2.79. The highest BCUT2D eigenvalue weighted by molar-refractivity contribution is 14.1. The molecule has 2 rings (SSSR count). The maximum atomic E-state index is 5.74. The van der Waals surface area contributed by atoms with Gasteiger partial charge in [-0.3, -0.25) is 4.68 Å². The van der Waals surface area contributed by atoms with E-state index in [0.29, 0.717) is 0 Å². The largest absolute Gasteiger partial charge is 0.399 e. The summed E-state index contributed by atoms with van der Waals surface area (Å²) in [6.07, 6.45) is 3.02. The Morgan fingerprint density at radius 2 is 2.22 bits per heavy atom. The molecule has 0 amide bonds. The number of nitrogens with two attached hydrogens (primary N) is 1. The molecule has 3 N–H and O–H groups in total. The molecule has 0 aliphatic rings. The van der Waals surface area contributed by atoms with Crippen LogP contribution < -0.4 is 11.1 Å². The number of aromatic nitrogens is 2. The molecule has 0 atom stereocenters. The SMILES string of the molecule is CCc1nn(C)cc1CNc1ccc(N)cc1I. The average molecular weight is 356 g/mol. The van der Waals surface area contributed by atoms with Gasteiger partial charge in [0, 0.05) is 40.3 Å². The van der Waals surface area contributed by atoms with E-state index in [4.69, 9.17) is 5.73 Å². The van der Waals surface area contributed by atoms with Gasteiger partial charge in [0.2, 0.25) is 0 Å². The first-order chi connectivity index (χ1) is 8.60. The summed E-state index contributed by atoms with van der Waals surface area (Å²) < 4.78 is 3.00. The molecular formula is C13H17IN4. The van der Waals surface area contributed by atoms with Crippen LogP contribution in [0.4, 0.5) is 11.4 Å². The zero-order valence-electron chi connectivity index (χ0n) is 10.6. The molecule has 0 aliphatic heterocycles. The number of rotatable bonds is 4. The molecule has 0 bridgehead atoms. The van der Waals surface area contributed by atoms with Crippen LogP contribution in [0.5, 0.6) is 0 Å². The number of nitrogens with zero attached hydrogens (tertiary/aromatic N) is 2. The minimum Gasteiger partial charge on any atom is -0.399 e. The molecule has 0 aliphatic carbocycles. The van der Waals surface area contributed by atoms with E-state index in [2.05, 4.69) is 46.1 Å². The lowest BCUT2D eigenvalue weighted by atomic mass is 10.2. The lowest BCUT2D eigenvalue weighted by Crippen LogP contribution is -2.02. The van der Waals surface area contributed by atoms with Gasteiger partial charge >= 0.3 is 0 Å². The second-order valence-corrected chi connectivity index (χ2v) is 5.38. The van der Waals surface area contributed by atoms with Gasteiger partial charge in [0.15, 0.2) is 0 Å². The number of hydrogen-bond donors (Lipinski definition) is 2. The predicted molar refractivity (Wildman–Crippen MR) is 83.5 cm³/mol. The van der Waals surface area contributed by atoms with Crippen LogP contribution in [0, 0.1) is 3.57 Å². The Hall–Kier alpha value is -1.24. The van der Waals surface area contributed by atoms with E-state index in [-0.39, 0.29) is 0 Å². The van der Waals surface area contributed by atoms with Gasteiger partial charge in [-0.25, -0.2) is 0 Å². The number of halogens is 1. The third kappa shape index (κ3) is 2.95. The normalized spacial score (nSPS) is 10.6. The summed E-state index contributed by atoms with van der Waals surface area (Å²) in [7, 11) is 1.95. The van der Waals surface area contributed by atoms with E-state index < -0.39 is 0 Å². The fourth-order valence-electron chi connectivity index (χ4n) is 1.89. The second kappa shape index (κ2) is 5.60. The van der Waals surface area contributed by atoms with Gasteiger partial charge in [-0.2, -0.15) is 5.10 Å². The zero-order chi connectivity index (χ0) is 13.1. The number of aryl methyl sites for hydroxylation is 2. The minimum atomic E-state index is 0.789. The molecule has 0 fully saturated rings. The van der Waals surface area contributed by atoms with Gasteiger partial charge in [0.05, 0.1) is 5.69 Å². The molecule has 0 saturated heterocycles. The molecule has 2 aromatic rings. The van der Waals surface area contributed by atoms with Crippen LogP contribution in [-0.2, 0) is 20.0 Å². The van der Waals surface area contributed by atoms with E-state index in [9.17, 15) is 0 Å². The van der Waals surface area contributed by atoms with Gasteiger partial charge in [0.1, 0.15) is 0 Å². The van der Waals surface area contributed by atoms with Crippen LogP contribution in [0.15, 0.2) is 24.4 Å². The summed E-state index contributed by atoms with van der Waals surface area (Å²) in [6.45, 7) is 2.91. The van der Waals surface area contributed by atoms with E-state index in [1.54, 1.807) is 0 Å². The van der Waals surface area contributed by atoms with E-state index in [1.165, 1.54) is 5.56 Å². The molecule has 1 aromatic heterocycles. The third-order valence-corrected chi connectivity index (χ3v) is 3.68. The highest BCUT2D eigenvalue weighted by Gasteiger charge is 2.06. The van der Waals surface area contributed by atoms with E-state index >= 15 is 0 Å². The van der Waals surface area contributed by atoms with Crippen LogP contribution in [0.2, 0.25) is 0 Å². The molecule has 1 aromatic carbocycles.